The molecule has 0 radical (unpaired) electrons. The number of benzene rings is 1. The molecule has 1 aromatic carbocycles. The number of alkyl carbamates (subject to hydrolysis) is 1. The molecule has 0 bridgehead atoms. The van der Waals surface area contributed by atoms with Gasteiger partial charge in [0, 0.05) is 11.0 Å². The van der Waals surface area contributed by atoms with Crippen LogP contribution < -0.4 is 5.32 Å². The Bertz CT molecular complexity index is 460. The molecule has 1 aliphatic heterocycles. The van der Waals surface area contributed by atoms with E-state index in [1.54, 1.807) is 0 Å². The van der Waals surface area contributed by atoms with Gasteiger partial charge in [-0.2, -0.15) is 0 Å². The highest BCUT2D eigenvalue weighted by Gasteiger charge is 2.39. The molecular formula is C12H13F2NO2. The third-order valence-corrected chi connectivity index (χ3v) is 2.89. The van der Waals surface area contributed by atoms with Gasteiger partial charge in [0.15, 0.2) is 0 Å². The molecule has 1 aromatic rings. The van der Waals surface area contributed by atoms with Gasteiger partial charge in [0.05, 0.1) is 6.04 Å². The highest BCUT2D eigenvalue weighted by molar-refractivity contribution is 5.69. The molecule has 92 valence electrons. The lowest BCUT2D eigenvalue weighted by Crippen LogP contribution is -2.47. The fraction of sp³-hybridized carbons (Fsp3) is 0.417. The number of ether oxygens (including phenoxy) is 1. The van der Waals surface area contributed by atoms with Crippen molar-refractivity contribution in [1.82, 2.24) is 5.32 Å². The number of cyclic esters (lactones) is 1. The molecule has 0 unspecified atom stereocenters. The minimum Gasteiger partial charge on any atom is -0.449 e. The van der Waals surface area contributed by atoms with E-state index >= 15 is 0 Å². The topological polar surface area (TPSA) is 38.3 Å². The number of amides is 1. The number of carbonyl (C=O) groups excluding carboxylic acids is 1. The Kier molecular flexibility index (Phi) is 2.77. The lowest BCUT2D eigenvalue weighted by molar-refractivity contribution is 0.0377. The van der Waals surface area contributed by atoms with Crippen molar-refractivity contribution in [3.8, 4) is 0 Å². The van der Waals surface area contributed by atoms with Crippen molar-refractivity contribution in [3.63, 3.8) is 0 Å². The molecule has 1 N–H and O–H groups in total. The van der Waals surface area contributed by atoms with E-state index in [0.717, 1.165) is 18.2 Å². The smallest absolute Gasteiger partial charge is 0.407 e. The first-order valence-electron chi connectivity index (χ1n) is 5.28. The summed E-state index contributed by atoms with van der Waals surface area (Å²) in [5, 5.41) is 2.52. The molecule has 0 saturated carbocycles. The molecule has 2 rings (SSSR count). The number of nitrogens with one attached hydrogen (secondary N) is 1. The molecule has 1 heterocycles. The first kappa shape index (κ1) is 11.8. The predicted molar refractivity (Wildman–Crippen MR) is 57.4 cm³/mol. The maximum absolute atomic E-state index is 13.7. The summed E-state index contributed by atoms with van der Waals surface area (Å²) in [6.07, 6.45) is -0.613. The zero-order valence-corrected chi connectivity index (χ0v) is 9.59. The Morgan fingerprint density at radius 2 is 2.12 bits per heavy atom. The first-order chi connectivity index (χ1) is 7.90. The standard InChI is InChI=1S/C12H13F2NO2/c1-12(2)6-17-11(16)15-10(12)8-5-7(13)3-4-9(8)14/h3-5,10H,6H2,1-2H3,(H,15,16)/t10-/m0/s1. The summed E-state index contributed by atoms with van der Waals surface area (Å²) >= 11 is 0. The second-order valence-electron chi connectivity index (χ2n) is 4.81. The Hall–Kier alpha value is -1.65. The molecule has 17 heavy (non-hydrogen) atoms. The Morgan fingerprint density at radius 1 is 1.41 bits per heavy atom. The summed E-state index contributed by atoms with van der Waals surface area (Å²) in [6, 6.07) is 2.61. The van der Waals surface area contributed by atoms with Crippen molar-refractivity contribution in [2.24, 2.45) is 5.41 Å². The second kappa shape index (κ2) is 3.98. The van der Waals surface area contributed by atoms with Gasteiger partial charge in [0.1, 0.15) is 18.2 Å². The van der Waals surface area contributed by atoms with E-state index in [1.807, 2.05) is 13.8 Å². The van der Waals surface area contributed by atoms with Crippen molar-refractivity contribution >= 4 is 6.09 Å². The van der Waals surface area contributed by atoms with Crippen LogP contribution in [0.25, 0.3) is 0 Å². The molecule has 1 amide bonds. The number of hydrogen-bond donors (Lipinski definition) is 1. The number of hydrogen-bond acceptors (Lipinski definition) is 2. The van der Waals surface area contributed by atoms with E-state index in [-0.39, 0.29) is 12.2 Å². The van der Waals surface area contributed by atoms with Crippen molar-refractivity contribution in [2.45, 2.75) is 19.9 Å². The summed E-state index contributed by atoms with van der Waals surface area (Å²) in [5.74, 6) is -1.07. The van der Waals surface area contributed by atoms with Gasteiger partial charge in [-0.15, -0.1) is 0 Å². The fourth-order valence-corrected chi connectivity index (χ4v) is 1.92. The van der Waals surface area contributed by atoms with Crippen LogP contribution in [0.5, 0.6) is 0 Å². The maximum atomic E-state index is 13.7. The van der Waals surface area contributed by atoms with E-state index in [1.165, 1.54) is 0 Å². The van der Waals surface area contributed by atoms with Crippen LogP contribution in [0, 0.1) is 17.0 Å². The third kappa shape index (κ3) is 2.23. The van der Waals surface area contributed by atoms with Crippen molar-refractivity contribution < 1.29 is 18.3 Å². The summed E-state index contributed by atoms with van der Waals surface area (Å²) < 4.78 is 31.7. The number of rotatable bonds is 1. The van der Waals surface area contributed by atoms with Gasteiger partial charge in [-0.3, -0.25) is 0 Å². The van der Waals surface area contributed by atoms with Crippen molar-refractivity contribution in [2.75, 3.05) is 6.61 Å². The Morgan fingerprint density at radius 3 is 2.82 bits per heavy atom. The van der Waals surface area contributed by atoms with Crippen LogP contribution in [0.1, 0.15) is 25.5 Å². The Balaban J connectivity index is 2.42. The van der Waals surface area contributed by atoms with Crippen molar-refractivity contribution in [3.05, 3.63) is 35.4 Å². The third-order valence-electron chi connectivity index (χ3n) is 2.89. The van der Waals surface area contributed by atoms with Gasteiger partial charge in [0.2, 0.25) is 0 Å². The molecule has 0 aromatic heterocycles. The highest BCUT2D eigenvalue weighted by atomic mass is 19.1. The van der Waals surface area contributed by atoms with Crippen LogP contribution in [-0.2, 0) is 4.74 Å². The summed E-state index contributed by atoms with van der Waals surface area (Å²) in [5.41, 5.74) is -0.352. The lowest BCUT2D eigenvalue weighted by Gasteiger charge is -2.38. The molecule has 1 saturated heterocycles. The summed E-state index contributed by atoms with van der Waals surface area (Å²) in [6.45, 7) is 3.81. The van der Waals surface area contributed by atoms with E-state index in [9.17, 15) is 13.6 Å². The van der Waals surface area contributed by atoms with Gasteiger partial charge in [0.25, 0.3) is 0 Å². The molecule has 0 spiro atoms. The second-order valence-corrected chi connectivity index (χ2v) is 4.81. The molecule has 1 aliphatic rings. The molecule has 3 nitrogen and oxygen atoms in total. The van der Waals surface area contributed by atoms with Crippen LogP contribution in [0.15, 0.2) is 18.2 Å². The van der Waals surface area contributed by atoms with Crippen LogP contribution in [-0.4, -0.2) is 12.7 Å². The largest absolute Gasteiger partial charge is 0.449 e. The van der Waals surface area contributed by atoms with E-state index in [4.69, 9.17) is 4.74 Å². The molecule has 1 fully saturated rings. The highest BCUT2D eigenvalue weighted by Crippen LogP contribution is 2.37. The van der Waals surface area contributed by atoms with Gasteiger partial charge >= 0.3 is 6.09 Å². The zero-order valence-electron chi connectivity index (χ0n) is 9.59. The molecule has 5 heteroatoms. The molecule has 1 atom stereocenters. The van der Waals surface area contributed by atoms with E-state index < -0.39 is 29.2 Å². The lowest BCUT2D eigenvalue weighted by atomic mass is 9.80. The van der Waals surface area contributed by atoms with Crippen LogP contribution in [0.4, 0.5) is 13.6 Å². The predicted octanol–water partition coefficient (Wildman–Crippen LogP) is 2.77. The number of carbonyl (C=O) groups is 1. The quantitative estimate of drug-likeness (QED) is 0.821. The average Bonchev–Trinajstić information content (AvgIpc) is 2.26. The Labute approximate surface area is 97.8 Å². The molecular weight excluding hydrogens is 228 g/mol. The zero-order chi connectivity index (χ0) is 12.6. The monoisotopic (exact) mass is 241 g/mol. The summed E-state index contributed by atoms with van der Waals surface area (Å²) in [4.78, 5) is 11.2. The van der Waals surface area contributed by atoms with Gasteiger partial charge in [-0.25, -0.2) is 13.6 Å². The fourth-order valence-electron chi connectivity index (χ4n) is 1.92. The maximum Gasteiger partial charge on any atom is 0.407 e. The minimum absolute atomic E-state index is 0.145. The van der Waals surface area contributed by atoms with Crippen molar-refractivity contribution in [1.29, 1.82) is 0 Å². The molecule has 0 aliphatic carbocycles. The minimum atomic E-state index is -0.613. The average molecular weight is 241 g/mol. The SMILES string of the molecule is CC1(C)COC(=O)N[C@H]1c1cc(F)ccc1F. The van der Waals surface area contributed by atoms with Crippen LogP contribution in [0.3, 0.4) is 0 Å². The van der Waals surface area contributed by atoms with Gasteiger partial charge in [-0.1, -0.05) is 13.8 Å². The van der Waals surface area contributed by atoms with Gasteiger partial charge < -0.3 is 10.1 Å². The summed E-state index contributed by atoms with van der Waals surface area (Å²) in [7, 11) is 0. The van der Waals surface area contributed by atoms with Crippen LogP contribution >= 0.6 is 0 Å². The van der Waals surface area contributed by atoms with E-state index in [2.05, 4.69) is 5.32 Å². The van der Waals surface area contributed by atoms with Gasteiger partial charge in [-0.05, 0) is 18.2 Å². The first-order valence-corrected chi connectivity index (χ1v) is 5.28. The normalized spacial score (nSPS) is 22.8. The number of halogens is 2. The van der Waals surface area contributed by atoms with Crippen LogP contribution in [0.2, 0.25) is 0 Å². The van der Waals surface area contributed by atoms with E-state index in [0.29, 0.717) is 0 Å².